The van der Waals surface area contributed by atoms with Crippen LogP contribution < -0.4 is 4.46 Å². The van der Waals surface area contributed by atoms with Gasteiger partial charge in [-0.3, -0.25) is 0 Å². The number of hydrogen-bond acceptors (Lipinski definition) is 1. The summed E-state index contributed by atoms with van der Waals surface area (Å²) in [6.45, 7) is 8.29. The van der Waals surface area contributed by atoms with E-state index in [4.69, 9.17) is 0 Å². The molecule has 2 heteroatoms. The first-order valence-electron chi connectivity index (χ1n) is 8.57. The Labute approximate surface area is 147 Å². The molecule has 1 nitrogen and oxygen atoms in total. The van der Waals surface area contributed by atoms with Crippen LogP contribution in [0.2, 0.25) is 5.32 Å². The molecule has 2 atom stereocenters. The maximum absolute atomic E-state index is 2.76. The van der Waals surface area contributed by atoms with Crippen LogP contribution in [0.15, 0.2) is 60.7 Å². The summed E-state index contributed by atoms with van der Waals surface area (Å²) >= 11 is 0.562. The number of benzene rings is 2. The Morgan fingerprint density at radius 1 is 1.04 bits per heavy atom. The van der Waals surface area contributed by atoms with Gasteiger partial charge >= 0.3 is 147 Å². The summed E-state index contributed by atoms with van der Waals surface area (Å²) in [6, 6.07) is 22.7. The van der Waals surface area contributed by atoms with Gasteiger partial charge in [0.15, 0.2) is 0 Å². The summed E-state index contributed by atoms with van der Waals surface area (Å²) in [5, 5.41) is 1.31. The Kier molecular flexibility index (Phi) is 5.26. The number of hydrogen-bond donors (Lipinski definition) is 0. The van der Waals surface area contributed by atoms with Gasteiger partial charge in [0.25, 0.3) is 0 Å². The van der Waals surface area contributed by atoms with Crippen molar-refractivity contribution in [2.75, 3.05) is 0 Å². The molecule has 1 fully saturated rings. The van der Waals surface area contributed by atoms with Gasteiger partial charge < -0.3 is 0 Å². The Morgan fingerprint density at radius 3 is 2.26 bits per heavy atom. The van der Waals surface area contributed by atoms with Crippen LogP contribution in [0.25, 0.3) is 0 Å². The molecule has 2 aromatic rings. The van der Waals surface area contributed by atoms with E-state index in [2.05, 4.69) is 86.3 Å². The summed E-state index contributed by atoms with van der Waals surface area (Å²) in [4.78, 5) is 2.76. The molecule has 122 valence electrons. The van der Waals surface area contributed by atoms with Gasteiger partial charge in [-0.25, -0.2) is 0 Å². The molecule has 0 aliphatic carbocycles. The third-order valence-corrected chi connectivity index (χ3v) is 7.88. The van der Waals surface area contributed by atoms with Gasteiger partial charge in [0.05, 0.1) is 0 Å². The van der Waals surface area contributed by atoms with E-state index in [9.17, 15) is 0 Å². The van der Waals surface area contributed by atoms with Crippen molar-refractivity contribution < 1.29 is 0 Å². The fourth-order valence-electron chi connectivity index (χ4n) is 3.55. The Bertz CT molecular complexity index is 610. The van der Waals surface area contributed by atoms with Crippen molar-refractivity contribution in [3.05, 3.63) is 66.2 Å². The number of likely N-dealkylation sites (tertiary alicyclic amines) is 1. The molecule has 1 aliphatic heterocycles. The quantitative estimate of drug-likeness (QED) is 0.690. The van der Waals surface area contributed by atoms with Crippen LogP contribution >= 0.6 is 0 Å². The fourth-order valence-corrected chi connectivity index (χ4v) is 5.88. The van der Waals surface area contributed by atoms with Crippen molar-refractivity contribution in [1.82, 2.24) is 4.90 Å². The monoisotopic (exact) mass is 373 g/mol. The van der Waals surface area contributed by atoms with E-state index in [-0.39, 0.29) is 0 Å². The third kappa shape index (κ3) is 3.88. The molecule has 0 amide bonds. The minimum atomic E-state index is 0.362. The van der Waals surface area contributed by atoms with Crippen LogP contribution in [-0.4, -0.2) is 31.4 Å². The average Bonchev–Trinajstić information content (AvgIpc) is 2.57. The van der Waals surface area contributed by atoms with E-state index < -0.39 is 0 Å². The first kappa shape index (κ1) is 16.8. The Balaban J connectivity index is 1.69. The molecule has 0 unspecified atom stereocenters. The van der Waals surface area contributed by atoms with E-state index >= 15 is 0 Å². The first-order chi connectivity index (χ1) is 11.1. The van der Waals surface area contributed by atoms with Crippen LogP contribution in [0.4, 0.5) is 0 Å². The topological polar surface area (TPSA) is 3.24 Å². The molecule has 0 spiro atoms. The molecule has 0 saturated carbocycles. The second-order valence-corrected chi connectivity index (χ2v) is 9.43. The SMILES string of the molecule is CC(C)[C@H]1C[C@@](C)(C[Se]c2ccccc2)N1Cc1ccccc1. The summed E-state index contributed by atoms with van der Waals surface area (Å²) in [5.41, 5.74) is 1.80. The normalized spacial score (nSPS) is 24.6. The standard InChI is InChI=1S/C21H27NSe/c1-17(2)20-14-21(3,16-23-19-12-8-5-9-13-19)22(20)15-18-10-6-4-7-11-18/h4-13,17,20H,14-16H2,1-3H3/t20-,21+/m1/s1. The van der Waals surface area contributed by atoms with E-state index in [0.717, 1.165) is 18.5 Å². The zero-order valence-corrected chi connectivity index (χ0v) is 16.1. The fraction of sp³-hybridized carbons (Fsp3) is 0.429. The van der Waals surface area contributed by atoms with E-state index in [1.54, 1.807) is 0 Å². The summed E-state index contributed by atoms with van der Waals surface area (Å²) in [7, 11) is 0. The van der Waals surface area contributed by atoms with Crippen molar-refractivity contribution in [3.8, 4) is 0 Å². The van der Waals surface area contributed by atoms with E-state index in [1.165, 1.54) is 21.8 Å². The first-order valence-corrected chi connectivity index (χ1v) is 10.6. The van der Waals surface area contributed by atoms with Crippen LogP contribution in [-0.2, 0) is 6.54 Å². The predicted octanol–water partition coefficient (Wildman–Crippen LogP) is 4.12. The zero-order chi connectivity index (χ0) is 16.3. The van der Waals surface area contributed by atoms with Crippen LogP contribution in [0.5, 0.6) is 0 Å². The van der Waals surface area contributed by atoms with Gasteiger partial charge in [-0.05, 0) is 0 Å². The summed E-state index contributed by atoms with van der Waals surface area (Å²) in [5.74, 6) is 0.732. The molecular weight excluding hydrogens is 345 g/mol. The molecule has 1 saturated heterocycles. The predicted molar refractivity (Wildman–Crippen MR) is 100 cm³/mol. The van der Waals surface area contributed by atoms with E-state index in [1.807, 2.05) is 0 Å². The number of rotatable bonds is 6. The summed E-state index contributed by atoms with van der Waals surface area (Å²) in [6.07, 6.45) is 1.34. The van der Waals surface area contributed by atoms with Gasteiger partial charge in [0, 0.05) is 0 Å². The molecule has 0 N–H and O–H groups in total. The van der Waals surface area contributed by atoms with Crippen LogP contribution in [0.3, 0.4) is 0 Å². The van der Waals surface area contributed by atoms with Crippen molar-refractivity contribution in [1.29, 1.82) is 0 Å². The molecule has 3 rings (SSSR count). The second kappa shape index (κ2) is 7.21. The Morgan fingerprint density at radius 2 is 1.65 bits per heavy atom. The summed E-state index contributed by atoms with van der Waals surface area (Å²) < 4.78 is 1.52. The molecule has 2 aromatic carbocycles. The van der Waals surface area contributed by atoms with Gasteiger partial charge in [-0.15, -0.1) is 0 Å². The Hall–Kier alpha value is -1.08. The van der Waals surface area contributed by atoms with Gasteiger partial charge in [-0.2, -0.15) is 0 Å². The average molecular weight is 372 g/mol. The minimum absolute atomic E-state index is 0.362. The van der Waals surface area contributed by atoms with Crippen molar-refractivity contribution in [3.63, 3.8) is 0 Å². The van der Waals surface area contributed by atoms with Crippen molar-refractivity contribution in [2.24, 2.45) is 5.92 Å². The van der Waals surface area contributed by atoms with Crippen LogP contribution in [0, 0.1) is 5.92 Å². The molecule has 0 aromatic heterocycles. The molecule has 1 heterocycles. The van der Waals surface area contributed by atoms with Gasteiger partial charge in [-0.1, -0.05) is 0 Å². The maximum atomic E-state index is 2.76. The zero-order valence-electron chi connectivity index (χ0n) is 14.4. The molecular formula is C21H27NSe. The second-order valence-electron chi connectivity index (χ2n) is 7.23. The number of nitrogens with zero attached hydrogens (tertiary/aromatic N) is 1. The molecule has 1 aliphatic rings. The van der Waals surface area contributed by atoms with E-state index in [0.29, 0.717) is 20.5 Å². The molecule has 0 radical (unpaired) electrons. The molecule has 23 heavy (non-hydrogen) atoms. The third-order valence-electron chi connectivity index (χ3n) is 5.00. The molecule has 0 bridgehead atoms. The van der Waals surface area contributed by atoms with Gasteiger partial charge in [0.1, 0.15) is 0 Å². The van der Waals surface area contributed by atoms with Crippen molar-refractivity contribution >= 4 is 19.4 Å². The van der Waals surface area contributed by atoms with Crippen molar-refractivity contribution in [2.45, 2.75) is 50.6 Å². The van der Waals surface area contributed by atoms with Gasteiger partial charge in [0.2, 0.25) is 0 Å². The van der Waals surface area contributed by atoms with Crippen LogP contribution in [0.1, 0.15) is 32.8 Å².